The largest absolute Gasteiger partial charge is 0.490 e. The Labute approximate surface area is 181 Å². The summed E-state index contributed by atoms with van der Waals surface area (Å²) in [7, 11) is 0. The van der Waals surface area contributed by atoms with Crippen LogP contribution in [0.25, 0.3) is 6.08 Å². The Bertz CT molecular complexity index is 948. The molecule has 1 aliphatic carbocycles. The number of aliphatic imine (C=N–C) groups is 1. The zero-order valence-electron chi connectivity index (χ0n) is 16.9. The van der Waals surface area contributed by atoms with Crippen molar-refractivity contribution in [3.8, 4) is 5.75 Å². The number of benzene rings is 1. The van der Waals surface area contributed by atoms with Crippen LogP contribution in [0.4, 0.5) is 5.82 Å². The van der Waals surface area contributed by atoms with Crippen LogP contribution in [-0.2, 0) is 4.79 Å². The van der Waals surface area contributed by atoms with E-state index in [4.69, 9.17) is 9.73 Å². The Hall–Kier alpha value is -2.86. The van der Waals surface area contributed by atoms with Gasteiger partial charge in [0.25, 0.3) is 5.91 Å². The molecular formula is C24H25N3O2S. The molecule has 1 aromatic carbocycles. The number of amides is 1. The SMILES string of the molecule is C=CCOc1ccc(/C=C2\S/C(=N/c3ccccn3)N(C3CCCCC3)C2=O)cc1. The quantitative estimate of drug-likeness (QED) is 0.453. The lowest BCUT2D eigenvalue weighted by molar-refractivity contribution is -0.124. The molecule has 1 aliphatic heterocycles. The van der Waals surface area contributed by atoms with Crippen LogP contribution in [0.5, 0.6) is 5.75 Å². The molecule has 0 atom stereocenters. The van der Waals surface area contributed by atoms with Crippen LogP contribution >= 0.6 is 11.8 Å². The number of thioether (sulfide) groups is 1. The number of hydrogen-bond acceptors (Lipinski definition) is 5. The fraction of sp³-hybridized carbons (Fsp3) is 0.292. The van der Waals surface area contributed by atoms with Gasteiger partial charge in [-0.1, -0.05) is 50.1 Å². The highest BCUT2D eigenvalue weighted by atomic mass is 32.2. The molecule has 2 aromatic rings. The number of pyridine rings is 1. The molecule has 2 aliphatic rings. The number of amidine groups is 1. The topological polar surface area (TPSA) is 54.8 Å². The van der Waals surface area contributed by atoms with Gasteiger partial charge in [-0.15, -0.1) is 0 Å². The van der Waals surface area contributed by atoms with Gasteiger partial charge in [0, 0.05) is 12.2 Å². The van der Waals surface area contributed by atoms with Crippen molar-refractivity contribution in [3.05, 3.63) is 71.8 Å². The van der Waals surface area contributed by atoms with E-state index in [1.54, 1.807) is 12.3 Å². The van der Waals surface area contributed by atoms with Gasteiger partial charge in [-0.3, -0.25) is 9.69 Å². The normalized spacial score (nSPS) is 20.1. The number of ether oxygens (including phenoxy) is 1. The first kappa shape index (κ1) is 20.4. The molecule has 6 heteroatoms. The maximum atomic E-state index is 13.3. The van der Waals surface area contributed by atoms with Gasteiger partial charge in [0.1, 0.15) is 12.4 Å². The summed E-state index contributed by atoms with van der Waals surface area (Å²) in [6, 6.07) is 13.6. The summed E-state index contributed by atoms with van der Waals surface area (Å²) in [4.78, 5) is 24.9. The van der Waals surface area contributed by atoms with Crippen LogP contribution in [0.1, 0.15) is 37.7 Å². The Morgan fingerprint density at radius 2 is 1.97 bits per heavy atom. The van der Waals surface area contributed by atoms with Crippen molar-refractivity contribution < 1.29 is 9.53 Å². The fourth-order valence-corrected chi connectivity index (χ4v) is 4.76. The number of carbonyl (C=O) groups excluding carboxylic acids is 1. The van der Waals surface area contributed by atoms with Gasteiger partial charge in [-0.25, -0.2) is 9.98 Å². The average molecular weight is 420 g/mol. The second-order valence-corrected chi connectivity index (χ2v) is 8.34. The van der Waals surface area contributed by atoms with Gasteiger partial charge in [0.05, 0.1) is 4.91 Å². The van der Waals surface area contributed by atoms with Crippen molar-refractivity contribution in [2.45, 2.75) is 38.1 Å². The Balaban J connectivity index is 1.61. The fourth-order valence-electron chi connectivity index (χ4n) is 3.71. The molecule has 1 amide bonds. The van der Waals surface area contributed by atoms with Crippen molar-refractivity contribution >= 4 is 34.7 Å². The molecule has 1 aromatic heterocycles. The molecule has 0 radical (unpaired) electrons. The van der Waals surface area contributed by atoms with Gasteiger partial charge >= 0.3 is 0 Å². The molecule has 1 saturated carbocycles. The second-order valence-electron chi connectivity index (χ2n) is 7.33. The zero-order chi connectivity index (χ0) is 20.8. The van der Waals surface area contributed by atoms with E-state index in [9.17, 15) is 4.79 Å². The van der Waals surface area contributed by atoms with E-state index in [1.165, 1.54) is 18.2 Å². The number of aromatic nitrogens is 1. The lowest BCUT2D eigenvalue weighted by Crippen LogP contribution is -2.40. The number of carbonyl (C=O) groups is 1. The van der Waals surface area contributed by atoms with Crippen LogP contribution in [0, 0.1) is 0 Å². The average Bonchev–Trinajstić information content (AvgIpc) is 3.09. The summed E-state index contributed by atoms with van der Waals surface area (Å²) < 4.78 is 5.54. The lowest BCUT2D eigenvalue weighted by atomic mass is 9.94. The van der Waals surface area contributed by atoms with Gasteiger partial charge < -0.3 is 4.74 Å². The minimum Gasteiger partial charge on any atom is -0.490 e. The van der Waals surface area contributed by atoms with Crippen molar-refractivity contribution in [2.24, 2.45) is 4.99 Å². The smallest absolute Gasteiger partial charge is 0.267 e. The van der Waals surface area contributed by atoms with Crippen LogP contribution < -0.4 is 4.74 Å². The van der Waals surface area contributed by atoms with Gasteiger partial charge in [-0.2, -0.15) is 0 Å². The number of nitrogens with zero attached hydrogens (tertiary/aromatic N) is 3. The summed E-state index contributed by atoms with van der Waals surface area (Å²) >= 11 is 1.43. The van der Waals surface area contributed by atoms with Crippen molar-refractivity contribution in [1.82, 2.24) is 9.88 Å². The molecule has 0 spiro atoms. The van der Waals surface area contributed by atoms with E-state index in [0.29, 0.717) is 17.3 Å². The molecule has 1 saturated heterocycles. The minimum atomic E-state index is 0.0357. The van der Waals surface area contributed by atoms with E-state index < -0.39 is 0 Å². The van der Waals surface area contributed by atoms with Crippen LogP contribution in [0.3, 0.4) is 0 Å². The maximum absolute atomic E-state index is 13.3. The Kier molecular flexibility index (Phi) is 6.64. The molecule has 4 rings (SSSR count). The van der Waals surface area contributed by atoms with E-state index >= 15 is 0 Å². The molecular weight excluding hydrogens is 394 g/mol. The van der Waals surface area contributed by atoms with Gasteiger partial charge in [0.2, 0.25) is 0 Å². The summed E-state index contributed by atoms with van der Waals surface area (Å²) in [5.41, 5.74) is 0.958. The third-order valence-electron chi connectivity index (χ3n) is 5.18. The summed E-state index contributed by atoms with van der Waals surface area (Å²) in [5, 5.41) is 0.725. The van der Waals surface area contributed by atoms with Crippen LogP contribution in [0.2, 0.25) is 0 Å². The standard InChI is InChI=1S/C24H25N3O2S/c1-2-16-29-20-13-11-18(12-14-20)17-21-23(28)27(19-8-4-3-5-9-19)24(30-21)26-22-10-6-7-15-25-22/h2,6-7,10-15,17,19H,1,3-5,8-9,16H2/b21-17-,26-24+. The molecule has 0 N–H and O–H groups in total. The third-order valence-corrected chi connectivity index (χ3v) is 6.16. The second kappa shape index (κ2) is 9.76. The van der Waals surface area contributed by atoms with Crippen molar-refractivity contribution in [1.29, 1.82) is 0 Å². The predicted octanol–water partition coefficient (Wildman–Crippen LogP) is 5.58. The molecule has 0 bridgehead atoms. The highest BCUT2D eigenvalue weighted by molar-refractivity contribution is 8.18. The molecule has 154 valence electrons. The molecule has 2 fully saturated rings. The maximum Gasteiger partial charge on any atom is 0.267 e. The van der Waals surface area contributed by atoms with Crippen molar-refractivity contribution in [2.75, 3.05) is 6.61 Å². The van der Waals surface area contributed by atoms with Gasteiger partial charge in [-0.05, 0) is 60.5 Å². The number of hydrogen-bond donors (Lipinski definition) is 0. The molecule has 5 nitrogen and oxygen atoms in total. The van der Waals surface area contributed by atoms with Gasteiger partial charge in [0.15, 0.2) is 11.0 Å². The Morgan fingerprint density at radius 1 is 1.17 bits per heavy atom. The highest BCUT2D eigenvalue weighted by Gasteiger charge is 2.38. The van der Waals surface area contributed by atoms with Crippen LogP contribution in [0.15, 0.2) is 71.2 Å². The third kappa shape index (κ3) is 4.82. The van der Waals surface area contributed by atoms with Crippen LogP contribution in [-0.4, -0.2) is 33.6 Å². The monoisotopic (exact) mass is 419 g/mol. The van der Waals surface area contributed by atoms with E-state index in [1.807, 2.05) is 53.4 Å². The summed E-state index contributed by atoms with van der Waals surface area (Å²) in [5.74, 6) is 1.44. The predicted molar refractivity (Wildman–Crippen MR) is 123 cm³/mol. The summed E-state index contributed by atoms with van der Waals surface area (Å²) in [6.07, 6.45) is 11.0. The van der Waals surface area contributed by atoms with E-state index in [0.717, 1.165) is 42.2 Å². The number of rotatable bonds is 6. The first-order chi connectivity index (χ1) is 14.7. The molecule has 30 heavy (non-hydrogen) atoms. The zero-order valence-corrected chi connectivity index (χ0v) is 17.7. The molecule has 0 unspecified atom stereocenters. The lowest BCUT2D eigenvalue weighted by Gasteiger charge is -2.30. The first-order valence-electron chi connectivity index (χ1n) is 10.3. The Morgan fingerprint density at radius 3 is 2.67 bits per heavy atom. The highest BCUT2D eigenvalue weighted by Crippen LogP contribution is 2.38. The summed E-state index contributed by atoms with van der Waals surface area (Å²) in [6.45, 7) is 4.13. The first-order valence-corrected chi connectivity index (χ1v) is 11.1. The van der Waals surface area contributed by atoms with Crippen molar-refractivity contribution in [3.63, 3.8) is 0 Å². The molecule has 2 heterocycles. The van der Waals surface area contributed by atoms with E-state index in [-0.39, 0.29) is 11.9 Å². The van der Waals surface area contributed by atoms with E-state index in [2.05, 4.69) is 11.6 Å². The minimum absolute atomic E-state index is 0.0357.